The smallest absolute Gasteiger partial charge is 0.317 e. The number of rotatable bonds is 4. The van der Waals surface area contributed by atoms with Crippen molar-refractivity contribution < 1.29 is 14.3 Å². The molecule has 0 aliphatic carbocycles. The minimum Gasteiger partial charge on any atom is -0.496 e. The van der Waals surface area contributed by atoms with Gasteiger partial charge in [-0.15, -0.1) is 0 Å². The molecular formula is C23H30N2O3. The van der Waals surface area contributed by atoms with E-state index in [1.165, 1.54) is 19.3 Å². The lowest BCUT2D eigenvalue weighted by Gasteiger charge is -2.37. The van der Waals surface area contributed by atoms with Gasteiger partial charge in [0.05, 0.1) is 13.2 Å². The standard InChI is InChI=1S/C23H30N2O3/c1-27-22-10-9-17-6-2-3-7-19(17)20(22)16-24-23(26)25-13-11-18(12-14-25)21-8-4-5-15-28-21/h2-3,6-7,9-10,18,21H,4-5,8,11-16H2,1H3,(H,24,26). The molecule has 1 atom stereocenters. The number of benzene rings is 2. The van der Waals surface area contributed by atoms with Crippen molar-refractivity contribution in [2.75, 3.05) is 26.8 Å². The maximum Gasteiger partial charge on any atom is 0.317 e. The fourth-order valence-corrected chi connectivity index (χ4v) is 4.58. The molecule has 28 heavy (non-hydrogen) atoms. The molecule has 2 aromatic carbocycles. The minimum atomic E-state index is 0.0120. The first-order chi connectivity index (χ1) is 13.8. The van der Waals surface area contributed by atoms with Crippen molar-refractivity contribution >= 4 is 16.8 Å². The Labute approximate surface area is 167 Å². The zero-order valence-electron chi connectivity index (χ0n) is 16.7. The number of amides is 2. The number of carbonyl (C=O) groups is 1. The van der Waals surface area contributed by atoms with Crippen LogP contribution in [-0.4, -0.2) is 43.8 Å². The Morgan fingerprint density at radius 1 is 1.14 bits per heavy atom. The molecule has 0 aromatic heterocycles. The molecule has 2 fully saturated rings. The van der Waals surface area contributed by atoms with Crippen LogP contribution in [0.25, 0.3) is 10.8 Å². The van der Waals surface area contributed by atoms with Crippen LogP contribution in [0.3, 0.4) is 0 Å². The molecule has 2 aliphatic rings. The maximum absolute atomic E-state index is 12.7. The number of hydrogen-bond donors (Lipinski definition) is 1. The Hall–Kier alpha value is -2.27. The van der Waals surface area contributed by atoms with Crippen molar-refractivity contribution in [2.45, 2.75) is 44.8 Å². The maximum atomic E-state index is 12.7. The van der Waals surface area contributed by atoms with E-state index in [1.54, 1.807) is 7.11 Å². The van der Waals surface area contributed by atoms with E-state index in [0.29, 0.717) is 18.6 Å². The Morgan fingerprint density at radius 3 is 2.71 bits per heavy atom. The van der Waals surface area contributed by atoms with Gasteiger partial charge in [0.15, 0.2) is 0 Å². The summed E-state index contributed by atoms with van der Waals surface area (Å²) in [6, 6.07) is 12.2. The quantitative estimate of drug-likeness (QED) is 0.856. The fourth-order valence-electron chi connectivity index (χ4n) is 4.58. The zero-order chi connectivity index (χ0) is 19.3. The number of nitrogens with zero attached hydrogens (tertiary/aromatic N) is 1. The van der Waals surface area contributed by atoms with Gasteiger partial charge < -0.3 is 19.7 Å². The van der Waals surface area contributed by atoms with Crippen LogP contribution in [0.4, 0.5) is 4.79 Å². The molecule has 0 saturated carbocycles. The number of hydrogen-bond acceptors (Lipinski definition) is 3. The predicted molar refractivity (Wildman–Crippen MR) is 111 cm³/mol. The first-order valence-corrected chi connectivity index (χ1v) is 10.5. The van der Waals surface area contributed by atoms with Gasteiger partial charge in [0.2, 0.25) is 0 Å². The van der Waals surface area contributed by atoms with Crippen molar-refractivity contribution in [3.8, 4) is 5.75 Å². The normalized spacial score (nSPS) is 20.9. The van der Waals surface area contributed by atoms with Gasteiger partial charge in [-0.1, -0.05) is 30.3 Å². The molecule has 1 unspecified atom stereocenters. The number of carbonyl (C=O) groups excluding carboxylic acids is 1. The second-order valence-electron chi connectivity index (χ2n) is 7.86. The van der Waals surface area contributed by atoms with E-state index in [-0.39, 0.29) is 6.03 Å². The summed E-state index contributed by atoms with van der Waals surface area (Å²) in [4.78, 5) is 14.7. The first-order valence-electron chi connectivity index (χ1n) is 10.5. The molecule has 150 valence electrons. The van der Waals surface area contributed by atoms with Gasteiger partial charge in [0, 0.05) is 31.8 Å². The largest absolute Gasteiger partial charge is 0.496 e. The zero-order valence-corrected chi connectivity index (χ0v) is 16.7. The molecule has 1 N–H and O–H groups in total. The molecule has 2 amide bonds. The molecule has 2 heterocycles. The molecule has 0 spiro atoms. The van der Waals surface area contributed by atoms with Crippen LogP contribution in [0, 0.1) is 5.92 Å². The van der Waals surface area contributed by atoms with E-state index < -0.39 is 0 Å². The van der Waals surface area contributed by atoms with Crippen LogP contribution in [0.5, 0.6) is 5.75 Å². The van der Waals surface area contributed by atoms with E-state index in [0.717, 1.165) is 54.6 Å². The molecule has 0 radical (unpaired) electrons. The number of ether oxygens (including phenoxy) is 2. The second-order valence-corrected chi connectivity index (χ2v) is 7.86. The highest BCUT2D eigenvalue weighted by atomic mass is 16.5. The third kappa shape index (κ3) is 4.09. The van der Waals surface area contributed by atoms with Crippen molar-refractivity contribution in [2.24, 2.45) is 5.92 Å². The highest BCUT2D eigenvalue weighted by Crippen LogP contribution is 2.29. The van der Waals surface area contributed by atoms with Gasteiger partial charge in [-0.2, -0.15) is 0 Å². The Kier molecular flexibility index (Phi) is 6.01. The van der Waals surface area contributed by atoms with E-state index in [1.807, 2.05) is 23.1 Å². The van der Waals surface area contributed by atoms with Crippen LogP contribution in [-0.2, 0) is 11.3 Å². The van der Waals surface area contributed by atoms with Gasteiger partial charge >= 0.3 is 6.03 Å². The van der Waals surface area contributed by atoms with Crippen molar-refractivity contribution in [3.63, 3.8) is 0 Å². The predicted octanol–water partition coefficient (Wildman–Crippen LogP) is 4.34. The van der Waals surface area contributed by atoms with Crippen LogP contribution in [0.2, 0.25) is 0 Å². The SMILES string of the molecule is COc1ccc2ccccc2c1CNC(=O)N1CCC(C2CCCCO2)CC1. The molecule has 2 saturated heterocycles. The second kappa shape index (κ2) is 8.82. The molecule has 2 aliphatic heterocycles. The molecule has 5 heteroatoms. The van der Waals surface area contributed by atoms with Crippen LogP contribution >= 0.6 is 0 Å². The number of urea groups is 1. The minimum absolute atomic E-state index is 0.0120. The Balaban J connectivity index is 1.36. The monoisotopic (exact) mass is 382 g/mol. The Morgan fingerprint density at radius 2 is 1.96 bits per heavy atom. The molecule has 2 aromatic rings. The van der Waals surface area contributed by atoms with Crippen molar-refractivity contribution in [1.82, 2.24) is 10.2 Å². The average Bonchev–Trinajstić information content (AvgIpc) is 2.77. The summed E-state index contributed by atoms with van der Waals surface area (Å²) >= 11 is 0. The summed E-state index contributed by atoms with van der Waals surface area (Å²) in [6.07, 6.45) is 6.12. The van der Waals surface area contributed by atoms with Gasteiger partial charge in [0.1, 0.15) is 5.75 Å². The van der Waals surface area contributed by atoms with Gasteiger partial charge in [-0.05, 0) is 54.9 Å². The Bertz CT molecular complexity index is 809. The van der Waals surface area contributed by atoms with Crippen LogP contribution in [0.1, 0.15) is 37.7 Å². The lowest BCUT2D eigenvalue weighted by molar-refractivity contribution is -0.0348. The summed E-state index contributed by atoms with van der Waals surface area (Å²) in [7, 11) is 1.67. The van der Waals surface area contributed by atoms with E-state index in [4.69, 9.17) is 9.47 Å². The van der Waals surface area contributed by atoms with E-state index in [2.05, 4.69) is 23.5 Å². The number of fused-ring (bicyclic) bond motifs is 1. The van der Waals surface area contributed by atoms with E-state index in [9.17, 15) is 4.79 Å². The van der Waals surface area contributed by atoms with Gasteiger partial charge in [0.25, 0.3) is 0 Å². The lowest BCUT2D eigenvalue weighted by atomic mass is 9.87. The summed E-state index contributed by atoms with van der Waals surface area (Å²) in [5.41, 5.74) is 1.03. The number of piperidine rings is 1. The average molecular weight is 383 g/mol. The number of nitrogens with one attached hydrogen (secondary N) is 1. The number of methoxy groups -OCH3 is 1. The third-order valence-corrected chi connectivity index (χ3v) is 6.20. The topological polar surface area (TPSA) is 50.8 Å². The summed E-state index contributed by atoms with van der Waals surface area (Å²) in [5, 5.41) is 5.38. The fraction of sp³-hybridized carbons (Fsp3) is 0.522. The molecular weight excluding hydrogens is 352 g/mol. The summed E-state index contributed by atoms with van der Waals surface area (Å²) in [5.74, 6) is 1.41. The third-order valence-electron chi connectivity index (χ3n) is 6.20. The molecule has 4 rings (SSSR count). The van der Waals surface area contributed by atoms with Crippen LogP contribution in [0.15, 0.2) is 36.4 Å². The highest BCUT2D eigenvalue weighted by Gasteiger charge is 2.30. The van der Waals surface area contributed by atoms with Gasteiger partial charge in [-0.25, -0.2) is 4.79 Å². The molecule has 0 bridgehead atoms. The number of likely N-dealkylation sites (tertiary alicyclic amines) is 1. The molecule has 5 nitrogen and oxygen atoms in total. The van der Waals surface area contributed by atoms with Crippen LogP contribution < -0.4 is 10.1 Å². The van der Waals surface area contributed by atoms with E-state index >= 15 is 0 Å². The van der Waals surface area contributed by atoms with Crippen molar-refractivity contribution in [3.05, 3.63) is 42.0 Å². The first kappa shape index (κ1) is 19.1. The van der Waals surface area contributed by atoms with Crippen molar-refractivity contribution in [1.29, 1.82) is 0 Å². The highest BCUT2D eigenvalue weighted by molar-refractivity contribution is 5.88. The van der Waals surface area contributed by atoms with Gasteiger partial charge in [-0.3, -0.25) is 0 Å². The lowest BCUT2D eigenvalue weighted by Crippen LogP contribution is -2.46. The summed E-state index contributed by atoms with van der Waals surface area (Å²) < 4.78 is 11.5. The summed E-state index contributed by atoms with van der Waals surface area (Å²) in [6.45, 7) is 2.99.